The third kappa shape index (κ3) is 6.17. The molecule has 0 saturated carbocycles. The first-order valence-electron chi connectivity index (χ1n) is 15.2. The van der Waals surface area contributed by atoms with E-state index in [-0.39, 0.29) is 11.7 Å². The van der Waals surface area contributed by atoms with E-state index in [0.29, 0.717) is 30.2 Å². The Morgan fingerprint density at radius 2 is 1.64 bits per heavy atom. The summed E-state index contributed by atoms with van der Waals surface area (Å²) in [5.74, 6) is 0.132. The number of hydrogen-bond donors (Lipinski definition) is 1. The average Bonchev–Trinajstić information content (AvgIpc) is 3.50. The summed E-state index contributed by atoms with van der Waals surface area (Å²) in [5.41, 5.74) is 5.02. The molecule has 1 N–H and O–H groups in total. The molecule has 3 heterocycles. The van der Waals surface area contributed by atoms with Crippen LogP contribution in [0.1, 0.15) is 58.0 Å². The number of halogens is 1. The number of nitrogens with zero attached hydrogens (tertiary/aromatic N) is 3. The lowest BCUT2D eigenvalue weighted by Gasteiger charge is -2.41. The van der Waals surface area contributed by atoms with Gasteiger partial charge in [0.1, 0.15) is 0 Å². The maximum atomic E-state index is 13.3. The molecule has 2 saturated heterocycles. The van der Waals surface area contributed by atoms with Crippen molar-refractivity contribution in [1.29, 1.82) is 0 Å². The van der Waals surface area contributed by atoms with Crippen molar-refractivity contribution in [3.8, 4) is 0 Å². The minimum absolute atomic E-state index is 0.0295. The van der Waals surface area contributed by atoms with Crippen LogP contribution in [-0.4, -0.2) is 64.3 Å². The van der Waals surface area contributed by atoms with E-state index in [9.17, 15) is 9.59 Å². The lowest BCUT2D eigenvalue weighted by atomic mass is 10.1. The Morgan fingerprint density at radius 3 is 2.36 bits per heavy atom. The van der Waals surface area contributed by atoms with Gasteiger partial charge in [-0.1, -0.05) is 67.1 Å². The van der Waals surface area contributed by atoms with Gasteiger partial charge < -0.3 is 9.88 Å². The highest BCUT2D eigenvalue weighted by atomic mass is 35.5. The number of fused-ring (bicyclic) bond motifs is 3. The molecule has 218 valence electrons. The summed E-state index contributed by atoms with van der Waals surface area (Å²) in [6.45, 7) is 6.93. The first kappa shape index (κ1) is 28.7. The molecule has 6 rings (SSSR count). The fourth-order valence-electron chi connectivity index (χ4n) is 6.88. The van der Waals surface area contributed by atoms with E-state index in [0.717, 1.165) is 61.1 Å². The van der Waals surface area contributed by atoms with Crippen LogP contribution >= 0.6 is 11.6 Å². The van der Waals surface area contributed by atoms with Gasteiger partial charge in [0.15, 0.2) is 5.78 Å². The first-order chi connectivity index (χ1) is 20.5. The molecule has 2 aliphatic heterocycles. The standard InChI is InChI=1S/C35H39ClN4O2/c1-2-26-10-6-11-31-32(35(42)37-20-25-8-4-3-5-9-25)23-39(34(26)31)18-7-19-40-29-16-17-30(40)22-38(21-29)24-33(41)27-12-14-28(36)15-13-27/h3-6,8-15,23,29-30H,2,7,16-22,24H2,1H3,(H,37,42). The molecule has 7 heteroatoms. The molecule has 4 aromatic rings. The molecule has 42 heavy (non-hydrogen) atoms. The topological polar surface area (TPSA) is 57.6 Å². The van der Waals surface area contributed by atoms with Gasteiger partial charge in [0.2, 0.25) is 0 Å². The Bertz CT molecular complexity index is 1530. The highest BCUT2D eigenvalue weighted by Gasteiger charge is 2.39. The molecule has 0 aliphatic carbocycles. The first-order valence-corrected chi connectivity index (χ1v) is 15.6. The van der Waals surface area contributed by atoms with Crippen molar-refractivity contribution >= 4 is 34.2 Å². The number of carbonyl (C=O) groups excluding carboxylic acids is 2. The minimum Gasteiger partial charge on any atom is -0.348 e. The molecule has 6 nitrogen and oxygen atoms in total. The smallest absolute Gasteiger partial charge is 0.253 e. The van der Waals surface area contributed by atoms with Crippen LogP contribution in [0.5, 0.6) is 0 Å². The van der Waals surface area contributed by atoms with Crippen LogP contribution in [0.4, 0.5) is 0 Å². The molecule has 2 unspecified atom stereocenters. The zero-order valence-corrected chi connectivity index (χ0v) is 25.0. The number of para-hydroxylation sites is 1. The fourth-order valence-corrected chi connectivity index (χ4v) is 7.01. The monoisotopic (exact) mass is 582 g/mol. The van der Waals surface area contributed by atoms with Crippen molar-refractivity contribution in [2.24, 2.45) is 0 Å². The fraction of sp³-hybridized carbons (Fsp3) is 0.371. The van der Waals surface area contributed by atoms with Crippen LogP contribution in [-0.2, 0) is 19.5 Å². The van der Waals surface area contributed by atoms with E-state index in [2.05, 4.69) is 51.0 Å². The molecule has 0 spiro atoms. The molecule has 2 aliphatic rings. The molecule has 2 bridgehead atoms. The van der Waals surface area contributed by atoms with Gasteiger partial charge in [0.05, 0.1) is 17.6 Å². The largest absolute Gasteiger partial charge is 0.348 e. The lowest BCUT2D eigenvalue weighted by molar-refractivity contribution is 0.0588. The maximum absolute atomic E-state index is 13.3. The van der Waals surface area contributed by atoms with E-state index in [4.69, 9.17) is 11.6 Å². The maximum Gasteiger partial charge on any atom is 0.253 e. The van der Waals surface area contributed by atoms with Gasteiger partial charge in [0.25, 0.3) is 5.91 Å². The van der Waals surface area contributed by atoms with Gasteiger partial charge in [-0.25, -0.2) is 0 Å². The second-order valence-corrected chi connectivity index (χ2v) is 12.1. The number of benzene rings is 3. The third-order valence-corrected chi connectivity index (χ3v) is 9.21. The molecule has 1 aromatic heterocycles. The number of amides is 1. The van der Waals surface area contributed by atoms with Crippen molar-refractivity contribution in [3.05, 3.63) is 106 Å². The Kier molecular flexibility index (Phi) is 8.75. The quantitative estimate of drug-likeness (QED) is 0.214. The lowest BCUT2D eigenvalue weighted by Crippen LogP contribution is -2.54. The third-order valence-electron chi connectivity index (χ3n) is 8.96. The summed E-state index contributed by atoms with van der Waals surface area (Å²) in [6, 6.07) is 24.6. The van der Waals surface area contributed by atoms with Crippen LogP contribution in [0.15, 0.2) is 79.0 Å². The van der Waals surface area contributed by atoms with Crippen LogP contribution in [0.2, 0.25) is 5.02 Å². The van der Waals surface area contributed by atoms with Gasteiger partial charge in [0, 0.05) is 67.0 Å². The van der Waals surface area contributed by atoms with Gasteiger partial charge in [-0.05, 0) is 61.1 Å². The van der Waals surface area contributed by atoms with Crippen molar-refractivity contribution < 1.29 is 9.59 Å². The molecular weight excluding hydrogens is 544 g/mol. The second kappa shape index (κ2) is 12.8. The van der Waals surface area contributed by atoms with Crippen LogP contribution < -0.4 is 5.32 Å². The number of ketones is 1. The number of piperazine rings is 1. The molecule has 2 atom stereocenters. The zero-order chi connectivity index (χ0) is 29.1. The van der Waals surface area contributed by atoms with Crippen LogP contribution in [0.25, 0.3) is 10.9 Å². The molecule has 3 aromatic carbocycles. The number of aryl methyl sites for hydroxylation is 2. The molecule has 1 amide bonds. The van der Waals surface area contributed by atoms with E-state index in [1.54, 1.807) is 12.1 Å². The number of likely N-dealkylation sites (tertiary alicyclic amines) is 1. The molecule has 2 fully saturated rings. The Hall–Kier alpha value is -3.45. The van der Waals surface area contributed by atoms with E-state index < -0.39 is 0 Å². The van der Waals surface area contributed by atoms with Crippen molar-refractivity contribution in [2.75, 3.05) is 26.2 Å². The van der Waals surface area contributed by atoms with Gasteiger partial charge in [-0.2, -0.15) is 0 Å². The minimum atomic E-state index is -0.0295. The second-order valence-electron chi connectivity index (χ2n) is 11.7. The molecular formula is C35H39ClN4O2. The summed E-state index contributed by atoms with van der Waals surface area (Å²) >= 11 is 6.00. The number of aromatic nitrogens is 1. The van der Waals surface area contributed by atoms with Gasteiger partial charge in [-0.3, -0.25) is 19.4 Å². The predicted octanol–water partition coefficient (Wildman–Crippen LogP) is 6.21. The van der Waals surface area contributed by atoms with Crippen LogP contribution in [0.3, 0.4) is 0 Å². The van der Waals surface area contributed by atoms with E-state index in [1.807, 2.05) is 42.5 Å². The molecule has 0 radical (unpaired) electrons. The summed E-state index contributed by atoms with van der Waals surface area (Å²) in [5, 5.41) is 4.80. The van der Waals surface area contributed by atoms with Gasteiger partial charge in [-0.15, -0.1) is 0 Å². The summed E-state index contributed by atoms with van der Waals surface area (Å²) in [7, 11) is 0. The Labute approximate surface area is 253 Å². The predicted molar refractivity (Wildman–Crippen MR) is 169 cm³/mol. The Morgan fingerprint density at radius 1 is 0.905 bits per heavy atom. The SMILES string of the molecule is CCc1cccc2c(C(=O)NCc3ccccc3)cn(CCCN3C4CCC3CN(CC(=O)c3ccc(Cl)cc3)C4)c12. The normalized spacial score (nSPS) is 18.9. The summed E-state index contributed by atoms with van der Waals surface area (Å²) < 4.78 is 2.30. The highest BCUT2D eigenvalue weighted by Crippen LogP contribution is 2.31. The van der Waals surface area contributed by atoms with Gasteiger partial charge >= 0.3 is 0 Å². The summed E-state index contributed by atoms with van der Waals surface area (Å²) in [6.07, 6.45) is 6.37. The zero-order valence-electron chi connectivity index (χ0n) is 24.3. The average molecular weight is 583 g/mol. The highest BCUT2D eigenvalue weighted by molar-refractivity contribution is 6.30. The summed E-state index contributed by atoms with van der Waals surface area (Å²) in [4.78, 5) is 31.2. The van der Waals surface area contributed by atoms with Crippen molar-refractivity contribution in [3.63, 3.8) is 0 Å². The number of rotatable bonds is 11. The number of Topliss-reactive ketones (excluding diaryl/α,β-unsaturated/α-hetero) is 1. The number of nitrogens with one attached hydrogen (secondary N) is 1. The Balaban J connectivity index is 1.09. The van der Waals surface area contributed by atoms with Crippen LogP contribution in [0, 0.1) is 0 Å². The van der Waals surface area contributed by atoms with Crippen molar-refractivity contribution in [1.82, 2.24) is 19.7 Å². The number of carbonyl (C=O) groups is 2. The van der Waals surface area contributed by atoms with E-state index in [1.165, 1.54) is 23.9 Å². The van der Waals surface area contributed by atoms with E-state index >= 15 is 0 Å². The number of hydrogen-bond acceptors (Lipinski definition) is 4. The van der Waals surface area contributed by atoms with Crippen molar-refractivity contribution in [2.45, 2.75) is 57.8 Å².